The normalized spacial score (nSPS) is 11.0. The maximum atomic E-state index is 13.6. The van der Waals surface area contributed by atoms with Crippen LogP contribution in [0.3, 0.4) is 0 Å². The van der Waals surface area contributed by atoms with Crippen LogP contribution in [-0.2, 0) is 0 Å². The number of aromatic carboxylic acids is 1. The fourth-order valence-corrected chi connectivity index (χ4v) is 2.07. The van der Waals surface area contributed by atoms with Crippen LogP contribution in [-0.4, -0.2) is 21.0 Å². The monoisotopic (exact) mass is 288 g/mol. The lowest BCUT2D eigenvalue weighted by molar-refractivity contribution is 0.0692. The lowest BCUT2D eigenvalue weighted by Crippen LogP contribution is -1.99. The molecule has 0 saturated heterocycles. The Bertz CT molecular complexity index is 871. The first-order chi connectivity index (χ1) is 9.95. The number of halogens is 2. The minimum atomic E-state index is -1.36. The predicted molar refractivity (Wildman–Crippen MR) is 73.1 cm³/mol. The van der Waals surface area contributed by atoms with Gasteiger partial charge in [-0.05, 0) is 24.6 Å². The fourth-order valence-electron chi connectivity index (χ4n) is 2.07. The number of hydrogen-bond acceptors (Lipinski definition) is 2. The van der Waals surface area contributed by atoms with Gasteiger partial charge in [0.15, 0.2) is 0 Å². The molecule has 0 atom stereocenters. The quantitative estimate of drug-likeness (QED) is 0.758. The minimum Gasteiger partial charge on any atom is -0.478 e. The molecule has 21 heavy (non-hydrogen) atoms. The number of carbonyl (C=O) groups is 1. The number of fused-ring (bicyclic) bond motifs is 1. The number of H-pyrrole nitrogens is 1. The van der Waals surface area contributed by atoms with E-state index in [-0.39, 0.29) is 5.82 Å². The number of rotatable bonds is 2. The van der Waals surface area contributed by atoms with Gasteiger partial charge in [0.1, 0.15) is 17.5 Å². The summed E-state index contributed by atoms with van der Waals surface area (Å²) in [6, 6.07) is 6.84. The number of benzene rings is 2. The molecule has 1 aromatic heterocycles. The summed E-state index contributed by atoms with van der Waals surface area (Å²) in [5, 5.41) is 8.89. The molecule has 106 valence electrons. The zero-order valence-corrected chi connectivity index (χ0v) is 10.9. The predicted octanol–water partition coefficient (Wildman–Crippen LogP) is 3.51. The first-order valence-corrected chi connectivity index (χ1v) is 6.15. The van der Waals surface area contributed by atoms with E-state index < -0.39 is 17.3 Å². The van der Waals surface area contributed by atoms with Crippen molar-refractivity contribution in [1.82, 2.24) is 9.97 Å². The van der Waals surface area contributed by atoms with Gasteiger partial charge >= 0.3 is 5.97 Å². The summed E-state index contributed by atoms with van der Waals surface area (Å²) < 4.78 is 27.2. The van der Waals surface area contributed by atoms with Gasteiger partial charge in [-0.25, -0.2) is 18.6 Å². The number of imidazole rings is 1. The van der Waals surface area contributed by atoms with Crippen molar-refractivity contribution >= 4 is 17.0 Å². The Hall–Kier alpha value is -2.76. The van der Waals surface area contributed by atoms with E-state index in [4.69, 9.17) is 5.11 Å². The third-order valence-electron chi connectivity index (χ3n) is 3.25. The number of aryl methyl sites for hydroxylation is 1. The van der Waals surface area contributed by atoms with Crippen molar-refractivity contribution in [2.24, 2.45) is 0 Å². The highest BCUT2D eigenvalue weighted by molar-refractivity contribution is 5.93. The second-order valence-electron chi connectivity index (χ2n) is 4.70. The van der Waals surface area contributed by atoms with Crippen LogP contribution >= 0.6 is 0 Å². The van der Waals surface area contributed by atoms with E-state index in [9.17, 15) is 13.6 Å². The molecule has 0 spiro atoms. The molecule has 0 bridgehead atoms. The van der Waals surface area contributed by atoms with E-state index in [1.807, 2.05) is 0 Å². The van der Waals surface area contributed by atoms with E-state index in [2.05, 4.69) is 9.97 Å². The maximum absolute atomic E-state index is 13.6. The standard InChI is InChI=1S/C15H10F2N2O2/c1-7-2-3-8(4-10(7)16)14-18-12-5-9(15(20)21)11(17)6-13(12)19-14/h2-6H,1H3,(H,18,19)(H,20,21). The molecule has 0 aliphatic rings. The van der Waals surface area contributed by atoms with Crippen LogP contribution < -0.4 is 0 Å². The molecule has 0 fully saturated rings. The van der Waals surface area contributed by atoms with Crippen molar-refractivity contribution in [2.75, 3.05) is 0 Å². The van der Waals surface area contributed by atoms with Crippen molar-refractivity contribution in [2.45, 2.75) is 6.92 Å². The van der Waals surface area contributed by atoms with Crippen LogP contribution in [0.1, 0.15) is 15.9 Å². The summed E-state index contributed by atoms with van der Waals surface area (Å²) in [4.78, 5) is 17.9. The second kappa shape index (κ2) is 4.66. The Kier molecular flexibility index (Phi) is 2.94. The fraction of sp³-hybridized carbons (Fsp3) is 0.0667. The summed E-state index contributed by atoms with van der Waals surface area (Å²) >= 11 is 0. The summed E-state index contributed by atoms with van der Waals surface area (Å²) in [5.74, 6) is -2.23. The SMILES string of the molecule is Cc1ccc(-c2nc3cc(C(=O)O)c(F)cc3[nH]2)cc1F. The van der Waals surface area contributed by atoms with E-state index >= 15 is 0 Å². The number of nitrogens with one attached hydrogen (secondary N) is 1. The number of aromatic amines is 1. The van der Waals surface area contributed by atoms with Gasteiger partial charge in [0.05, 0.1) is 16.6 Å². The molecule has 1 heterocycles. The largest absolute Gasteiger partial charge is 0.478 e. The summed E-state index contributed by atoms with van der Waals surface area (Å²) in [6.07, 6.45) is 0. The summed E-state index contributed by atoms with van der Waals surface area (Å²) in [7, 11) is 0. The second-order valence-corrected chi connectivity index (χ2v) is 4.70. The highest BCUT2D eigenvalue weighted by atomic mass is 19.1. The van der Waals surface area contributed by atoms with Gasteiger partial charge in [-0.1, -0.05) is 12.1 Å². The Morgan fingerprint density at radius 3 is 2.62 bits per heavy atom. The Morgan fingerprint density at radius 1 is 1.19 bits per heavy atom. The third kappa shape index (κ3) is 2.24. The highest BCUT2D eigenvalue weighted by Gasteiger charge is 2.15. The van der Waals surface area contributed by atoms with Gasteiger partial charge in [-0.3, -0.25) is 0 Å². The van der Waals surface area contributed by atoms with Gasteiger partial charge in [-0.15, -0.1) is 0 Å². The van der Waals surface area contributed by atoms with Crippen LogP contribution in [0.5, 0.6) is 0 Å². The van der Waals surface area contributed by atoms with E-state index in [0.717, 1.165) is 12.1 Å². The molecule has 0 aliphatic carbocycles. The molecular weight excluding hydrogens is 278 g/mol. The lowest BCUT2D eigenvalue weighted by atomic mass is 10.1. The van der Waals surface area contributed by atoms with E-state index in [0.29, 0.717) is 28.0 Å². The molecule has 3 aromatic rings. The molecule has 0 radical (unpaired) electrons. The summed E-state index contributed by atoms with van der Waals surface area (Å²) in [5.41, 5.74) is 1.23. The number of carboxylic acid groups (broad SMARTS) is 1. The van der Waals surface area contributed by atoms with Gasteiger partial charge < -0.3 is 10.1 Å². The van der Waals surface area contributed by atoms with E-state index in [1.165, 1.54) is 6.07 Å². The number of carboxylic acids is 1. The van der Waals surface area contributed by atoms with Gasteiger partial charge in [0.25, 0.3) is 0 Å². The van der Waals surface area contributed by atoms with Crippen LogP contribution in [0, 0.1) is 18.6 Å². The van der Waals surface area contributed by atoms with Crippen molar-refractivity contribution in [1.29, 1.82) is 0 Å². The van der Waals surface area contributed by atoms with Crippen molar-refractivity contribution in [3.05, 3.63) is 53.1 Å². The number of hydrogen-bond donors (Lipinski definition) is 2. The van der Waals surface area contributed by atoms with Gasteiger partial charge in [0.2, 0.25) is 0 Å². The number of aromatic nitrogens is 2. The number of nitrogens with zero attached hydrogens (tertiary/aromatic N) is 1. The third-order valence-corrected chi connectivity index (χ3v) is 3.25. The Balaban J connectivity index is 2.16. The summed E-state index contributed by atoms with van der Waals surface area (Å²) in [6.45, 7) is 1.65. The molecule has 4 nitrogen and oxygen atoms in total. The molecule has 0 amide bonds. The highest BCUT2D eigenvalue weighted by Crippen LogP contribution is 2.24. The molecule has 0 aliphatic heterocycles. The van der Waals surface area contributed by atoms with Crippen LogP contribution in [0.25, 0.3) is 22.4 Å². The van der Waals surface area contributed by atoms with Crippen molar-refractivity contribution < 1.29 is 18.7 Å². The molecule has 2 N–H and O–H groups in total. The molecule has 0 unspecified atom stereocenters. The maximum Gasteiger partial charge on any atom is 0.338 e. The van der Waals surface area contributed by atoms with E-state index in [1.54, 1.807) is 19.1 Å². The molecule has 6 heteroatoms. The Morgan fingerprint density at radius 2 is 1.95 bits per heavy atom. The lowest BCUT2D eigenvalue weighted by Gasteiger charge is -1.99. The molecule has 2 aromatic carbocycles. The Labute approximate surface area is 118 Å². The zero-order chi connectivity index (χ0) is 15.1. The van der Waals surface area contributed by atoms with Crippen molar-refractivity contribution in [3.8, 4) is 11.4 Å². The topological polar surface area (TPSA) is 66.0 Å². The smallest absolute Gasteiger partial charge is 0.338 e. The zero-order valence-electron chi connectivity index (χ0n) is 10.9. The van der Waals surface area contributed by atoms with Gasteiger partial charge in [0, 0.05) is 11.6 Å². The first kappa shape index (κ1) is 13.2. The average molecular weight is 288 g/mol. The van der Waals surface area contributed by atoms with Crippen molar-refractivity contribution in [3.63, 3.8) is 0 Å². The minimum absolute atomic E-state index is 0.310. The molecule has 0 saturated carbocycles. The first-order valence-electron chi connectivity index (χ1n) is 6.15. The van der Waals surface area contributed by atoms with Gasteiger partial charge in [-0.2, -0.15) is 0 Å². The molecule has 3 rings (SSSR count). The molecular formula is C15H10F2N2O2. The van der Waals surface area contributed by atoms with Crippen LogP contribution in [0.2, 0.25) is 0 Å². The average Bonchev–Trinajstić information content (AvgIpc) is 2.83. The van der Waals surface area contributed by atoms with Crippen LogP contribution in [0.15, 0.2) is 30.3 Å². The van der Waals surface area contributed by atoms with Crippen LogP contribution in [0.4, 0.5) is 8.78 Å².